The minimum Gasteiger partial charge on any atom is -0.466 e. The number of aromatic nitrogens is 1. The van der Waals surface area contributed by atoms with Crippen LogP contribution in [0.1, 0.15) is 37.9 Å². The van der Waals surface area contributed by atoms with Gasteiger partial charge in [-0.1, -0.05) is 19.6 Å². The highest BCUT2D eigenvalue weighted by Gasteiger charge is 2.42. The Kier molecular flexibility index (Phi) is 6.52. The molecule has 2 aliphatic heterocycles. The minimum atomic E-state index is -0.228. The van der Waals surface area contributed by atoms with Crippen LogP contribution in [-0.2, 0) is 16.0 Å². The summed E-state index contributed by atoms with van der Waals surface area (Å²) in [6.45, 7) is 3.21. The largest absolute Gasteiger partial charge is 0.466 e. The van der Waals surface area contributed by atoms with Gasteiger partial charge in [0.05, 0.1) is 12.5 Å². The number of nitrogens with one attached hydrogen (secondary N) is 1. The van der Waals surface area contributed by atoms with E-state index >= 15 is 0 Å². The molecule has 0 amide bonds. The van der Waals surface area contributed by atoms with Crippen LogP contribution in [-0.4, -0.2) is 36.9 Å². The Hall–Kier alpha value is -2.60. The van der Waals surface area contributed by atoms with Crippen LogP contribution in [0, 0.1) is 5.92 Å². The SMILES string of the molecule is C.CCOC(=O)[C@H]1[C@H](CCc2ccccn2)NC[C@@H]1c1ccc2c(c1)OCO2. The van der Waals surface area contributed by atoms with Crippen LogP contribution in [0.4, 0.5) is 0 Å². The van der Waals surface area contributed by atoms with Gasteiger partial charge in [-0.3, -0.25) is 9.78 Å². The zero-order chi connectivity index (χ0) is 18.6. The molecule has 6 heteroatoms. The van der Waals surface area contributed by atoms with Crippen LogP contribution in [0.15, 0.2) is 42.6 Å². The van der Waals surface area contributed by atoms with Crippen molar-refractivity contribution in [3.05, 3.63) is 53.9 Å². The van der Waals surface area contributed by atoms with Crippen LogP contribution in [0.3, 0.4) is 0 Å². The smallest absolute Gasteiger partial charge is 0.311 e. The minimum absolute atomic E-state index is 0. The number of carbonyl (C=O) groups is 1. The summed E-state index contributed by atoms with van der Waals surface area (Å²) < 4.78 is 16.3. The lowest BCUT2D eigenvalue weighted by atomic mass is 9.83. The zero-order valence-corrected chi connectivity index (χ0v) is 15.4. The van der Waals surface area contributed by atoms with E-state index in [9.17, 15) is 4.79 Å². The van der Waals surface area contributed by atoms with E-state index in [1.54, 1.807) is 6.20 Å². The molecule has 2 aliphatic rings. The summed E-state index contributed by atoms with van der Waals surface area (Å²) >= 11 is 0. The first-order chi connectivity index (χ1) is 13.3. The van der Waals surface area contributed by atoms with Gasteiger partial charge in [0.25, 0.3) is 0 Å². The second-order valence-electron chi connectivity index (χ2n) is 6.87. The van der Waals surface area contributed by atoms with Crippen LogP contribution in [0.5, 0.6) is 11.5 Å². The predicted octanol–water partition coefficient (Wildman–Crippen LogP) is 3.31. The molecule has 28 heavy (non-hydrogen) atoms. The lowest BCUT2D eigenvalue weighted by Crippen LogP contribution is -2.34. The van der Waals surface area contributed by atoms with E-state index < -0.39 is 0 Å². The Bertz CT molecular complexity index is 796. The highest BCUT2D eigenvalue weighted by Crippen LogP contribution is 2.40. The molecule has 0 unspecified atom stereocenters. The van der Waals surface area contributed by atoms with E-state index in [1.165, 1.54) is 0 Å². The number of pyridine rings is 1. The summed E-state index contributed by atoms with van der Waals surface area (Å²) in [5, 5.41) is 3.53. The molecule has 0 bridgehead atoms. The Labute approximate surface area is 166 Å². The van der Waals surface area contributed by atoms with Crippen molar-refractivity contribution in [2.24, 2.45) is 5.92 Å². The van der Waals surface area contributed by atoms with Gasteiger partial charge in [0, 0.05) is 30.4 Å². The molecule has 2 aromatic rings. The van der Waals surface area contributed by atoms with E-state index in [-0.39, 0.29) is 38.1 Å². The van der Waals surface area contributed by atoms with Crippen molar-refractivity contribution in [2.45, 2.75) is 39.2 Å². The van der Waals surface area contributed by atoms with Gasteiger partial charge < -0.3 is 19.5 Å². The first-order valence-corrected chi connectivity index (χ1v) is 9.45. The average molecular weight is 384 g/mol. The van der Waals surface area contributed by atoms with Crippen molar-refractivity contribution in [3.63, 3.8) is 0 Å². The van der Waals surface area contributed by atoms with Crippen molar-refractivity contribution in [1.29, 1.82) is 0 Å². The molecular formula is C22H28N2O4. The standard InChI is InChI=1S/C21H24N2O4.CH4/c1-2-25-21(24)20-16(14-6-9-18-19(11-14)27-13-26-18)12-23-17(20)8-7-15-5-3-4-10-22-15;/h3-6,9-11,16-17,20,23H,2,7-8,12-13H2,1H3;1H4/t16-,17+,20-;/m1./s1. The summed E-state index contributed by atoms with van der Waals surface area (Å²) in [5.41, 5.74) is 2.11. The molecule has 0 spiro atoms. The number of esters is 1. The van der Waals surface area contributed by atoms with Crippen molar-refractivity contribution < 1.29 is 19.0 Å². The van der Waals surface area contributed by atoms with Gasteiger partial charge in [0.2, 0.25) is 6.79 Å². The summed E-state index contributed by atoms with van der Waals surface area (Å²) in [4.78, 5) is 17.1. The molecule has 0 radical (unpaired) electrons. The number of fused-ring (bicyclic) bond motifs is 1. The monoisotopic (exact) mass is 384 g/mol. The van der Waals surface area contributed by atoms with E-state index in [1.807, 2.05) is 43.3 Å². The van der Waals surface area contributed by atoms with Crippen LogP contribution in [0.25, 0.3) is 0 Å². The molecule has 1 saturated heterocycles. The molecule has 1 N–H and O–H groups in total. The van der Waals surface area contributed by atoms with E-state index in [0.717, 1.165) is 42.1 Å². The Balaban J connectivity index is 0.00000225. The molecule has 150 valence electrons. The third-order valence-corrected chi connectivity index (χ3v) is 5.29. The molecule has 3 atom stereocenters. The number of carbonyl (C=O) groups excluding carboxylic acids is 1. The van der Waals surface area contributed by atoms with Crippen molar-refractivity contribution in [1.82, 2.24) is 10.3 Å². The number of hydrogen-bond acceptors (Lipinski definition) is 6. The normalized spacial score (nSPS) is 22.5. The molecule has 6 nitrogen and oxygen atoms in total. The Morgan fingerprint density at radius 2 is 2.11 bits per heavy atom. The summed E-state index contributed by atoms with van der Waals surface area (Å²) in [7, 11) is 0. The van der Waals surface area contributed by atoms with E-state index in [0.29, 0.717) is 6.61 Å². The number of aryl methyl sites for hydroxylation is 1. The average Bonchev–Trinajstić information content (AvgIpc) is 3.33. The molecule has 1 aromatic heterocycles. The first-order valence-electron chi connectivity index (χ1n) is 9.45. The zero-order valence-electron chi connectivity index (χ0n) is 15.4. The topological polar surface area (TPSA) is 69.7 Å². The van der Waals surface area contributed by atoms with Crippen LogP contribution < -0.4 is 14.8 Å². The molecule has 4 rings (SSSR count). The van der Waals surface area contributed by atoms with E-state index in [2.05, 4.69) is 10.3 Å². The predicted molar refractivity (Wildman–Crippen MR) is 107 cm³/mol. The molecule has 1 fully saturated rings. The van der Waals surface area contributed by atoms with Crippen molar-refractivity contribution >= 4 is 5.97 Å². The van der Waals surface area contributed by atoms with Gasteiger partial charge in [0.1, 0.15) is 0 Å². The first kappa shape index (κ1) is 20.1. The van der Waals surface area contributed by atoms with Gasteiger partial charge in [-0.25, -0.2) is 0 Å². The lowest BCUT2D eigenvalue weighted by molar-refractivity contribution is -0.148. The number of nitrogens with zero attached hydrogens (tertiary/aromatic N) is 1. The third-order valence-electron chi connectivity index (χ3n) is 5.29. The molecule has 3 heterocycles. The quantitative estimate of drug-likeness (QED) is 0.771. The Morgan fingerprint density at radius 3 is 2.89 bits per heavy atom. The maximum Gasteiger partial charge on any atom is 0.311 e. The van der Waals surface area contributed by atoms with Crippen molar-refractivity contribution in [3.8, 4) is 11.5 Å². The molecule has 1 aromatic carbocycles. The highest BCUT2D eigenvalue weighted by molar-refractivity contribution is 5.75. The van der Waals surface area contributed by atoms with Gasteiger partial charge in [0.15, 0.2) is 11.5 Å². The van der Waals surface area contributed by atoms with Crippen LogP contribution in [0.2, 0.25) is 0 Å². The van der Waals surface area contributed by atoms with Gasteiger partial charge in [-0.2, -0.15) is 0 Å². The molecule has 0 aliphatic carbocycles. The third kappa shape index (κ3) is 4.12. The van der Waals surface area contributed by atoms with E-state index in [4.69, 9.17) is 14.2 Å². The Morgan fingerprint density at radius 1 is 1.25 bits per heavy atom. The number of benzene rings is 1. The second-order valence-corrected chi connectivity index (χ2v) is 6.87. The highest BCUT2D eigenvalue weighted by atomic mass is 16.7. The maximum atomic E-state index is 12.8. The molecule has 0 saturated carbocycles. The summed E-state index contributed by atoms with van der Waals surface area (Å²) in [6.07, 6.45) is 3.46. The number of rotatable bonds is 6. The summed E-state index contributed by atoms with van der Waals surface area (Å²) in [6, 6.07) is 11.9. The number of hydrogen-bond donors (Lipinski definition) is 1. The van der Waals surface area contributed by atoms with Crippen LogP contribution >= 0.6 is 0 Å². The fraction of sp³-hybridized carbons (Fsp3) is 0.455. The van der Waals surface area contributed by atoms with Gasteiger partial charge in [-0.05, 0) is 49.6 Å². The van der Waals surface area contributed by atoms with Crippen molar-refractivity contribution in [2.75, 3.05) is 19.9 Å². The fourth-order valence-corrected chi connectivity index (χ4v) is 3.98. The van der Waals surface area contributed by atoms with Gasteiger partial charge >= 0.3 is 5.97 Å². The fourth-order valence-electron chi connectivity index (χ4n) is 3.98. The maximum absolute atomic E-state index is 12.8. The second kappa shape index (κ2) is 9.06. The van der Waals surface area contributed by atoms with Gasteiger partial charge in [-0.15, -0.1) is 0 Å². The molecular weight excluding hydrogens is 356 g/mol. The summed E-state index contributed by atoms with van der Waals surface area (Å²) in [5.74, 6) is 1.17. The lowest BCUT2D eigenvalue weighted by Gasteiger charge is -2.23. The number of ether oxygens (including phenoxy) is 3.